The molecule has 2 heterocycles. The first kappa shape index (κ1) is 16.5. The lowest BCUT2D eigenvalue weighted by Crippen LogP contribution is -2.20. The van der Waals surface area contributed by atoms with E-state index in [9.17, 15) is 4.79 Å². The smallest absolute Gasteiger partial charge is 0.231 e. The molecular formula is C21H22N4O. The number of nitrogens with zero attached hydrogens (tertiary/aromatic N) is 3. The zero-order valence-corrected chi connectivity index (χ0v) is 14.9. The van der Waals surface area contributed by atoms with E-state index in [4.69, 9.17) is 0 Å². The molecular weight excluding hydrogens is 324 g/mol. The number of amides is 1. The van der Waals surface area contributed by atoms with Crippen LogP contribution in [0.4, 0.5) is 5.69 Å². The predicted molar refractivity (Wildman–Crippen MR) is 102 cm³/mol. The first-order valence-electron chi connectivity index (χ1n) is 9.14. The normalized spacial score (nSPS) is 14.0. The van der Waals surface area contributed by atoms with Crippen molar-refractivity contribution in [2.75, 3.05) is 5.32 Å². The second-order valence-corrected chi connectivity index (χ2v) is 6.63. The quantitative estimate of drug-likeness (QED) is 0.759. The fraction of sp³-hybridized carbons (Fsp3) is 0.286. The van der Waals surface area contributed by atoms with Gasteiger partial charge in [0.15, 0.2) is 5.82 Å². The number of fused-ring (bicyclic) bond motifs is 1. The molecule has 0 saturated carbocycles. The molecule has 1 unspecified atom stereocenters. The van der Waals surface area contributed by atoms with E-state index >= 15 is 0 Å². The van der Waals surface area contributed by atoms with Gasteiger partial charge in [0.1, 0.15) is 5.82 Å². The number of aryl methyl sites for hydroxylation is 1. The lowest BCUT2D eigenvalue weighted by atomic mass is 9.95. The molecule has 0 aliphatic carbocycles. The van der Waals surface area contributed by atoms with Crippen LogP contribution in [0.2, 0.25) is 0 Å². The van der Waals surface area contributed by atoms with Gasteiger partial charge in [-0.1, -0.05) is 37.3 Å². The van der Waals surface area contributed by atoms with Crippen LogP contribution < -0.4 is 5.32 Å². The van der Waals surface area contributed by atoms with Gasteiger partial charge in [0.05, 0.1) is 5.92 Å². The standard InChI is InChI=1S/C21H22N4O/c1-2-18(15-7-4-3-5-8-15)21(26)22-17-12-10-16(11-13-17)20-24-23-19-9-6-14-25(19)20/h3-5,7-8,10-13,18H,2,6,9,14H2,1H3,(H,22,26). The fourth-order valence-electron chi connectivity index (χ4n) is 3.55. The van der Waals surface area contributed by atoms with Gasteiger partial charge < -0.3 is 9.88 Å². The van der Waals surface area contributed by atoms with Gasteiger partial charge in [-0.25, -0.2) is 0 Å². The molecule has 3 aromatic rings. The van der Waals surface area contributed by atoms with Gasteiger partial charge in [-0.05, 0) is 42.7 Å². The van der Waals surface area contributed by atoms with Gasteiger partial charge in [-0.2, -0.15) is 0 Å². The van der Waals surface area contributed by atoms with Crippen LogP contribution >= 0.6 is 0 Å². The average molecular weight is 346 g/mol. The van der Waals surface area contributed by atoms with Crippen LogP contribution in [0.15, 0.2) is 54.6 Å². The molecule has 0 fully saturated rings. The average Bonchev–Trinajstić information content (AvgIpc) is 3.28. The molecule has 1 N–H and O–H groups in total. The maximum absolute atomic E-state index is 12.7. The van der Waals surface area contributed by atoms with Crippen LogP contribution in [0.5, 0.6) is 0 Å². The van der Waals surface area contributed by atoms with Crippen molar-refractivity contribution in [3.8, 4) is 11.4 Å². The Balaban J connectivity index is 1.49. The summed E-state index contributed by atoms with van der Waals surface area (Å²) in [7, 11) is 0. The Morgan fingerprint density at radius 1 is 1.12 bits per heavy atom. The largest absolute Gasteiger partial charge is 0.326 e. The lowest BCUT2D eigenvalue weighted by Gasteiger charge is -2.15. The topological polar surface area (TPSA) is 59.8 Å². The number of aromatic nitrogens is 3. The zero-order chi connectivity index (χ0) is 17.9. The number of hydrogen-bond acceptors (Lipinski definition) is 3. The summed E-state index contributed by atoms with van der Waals surface area (Å²) in [5.74, 6) is 1.85. The first-order valence-corrected chi connectivity index (χ1v) is 9.14. The maximum Gasteiger partial charge on any atom is 0.231 e. The predicted octanol–water partition coefficient (Wildman–Crippen LogP) is 4.02. The highest BCUT2D eigenvalue weighted by Gasteiger charge is 2.20. The summed E-state index contributed by atoms with van der Waals surface area (Å²) in [6, 6.07) is 17.8. The summed E-state index contributed by atoms with van der Waals surface area (Å²) in [6.07, 6.45) is 2.89. The third kappa shape index (κ3) is 3.12. The minimum absolute atomic E-state index is 0.0230. The third-order valence-electron chi connectivity index (χ3n) is 4.95. The molecule has 1 aliphatic heterocycles. The van der Waals surface area contributed by atoms with E-state index in [0.717, 1.165) is 54.3 Å². The summed E-state index contributed by atoms with van der Waals surface area (Å²) in [5, 5.41) is 11.6. The van der Waals surface area contributed by atoms with Crippen LogP contribution in [0.25, 0.3) is 11.4 Å². The van der Waals surface area contributed by atoms with E-state index in [-0.39, 0.29) is 11.8 Å². The van der Waals surface area contributed by atoms with Crippen LogP contribution in [0, 0.1) is 0 Å². The van der Waals surface area contributed by atoms with E-state index in [1.165, 1.54) is 0 Å². The molecule has 5 nitrogen and oxygen atoms in total. The van der Waals surface area contributed by atoms with E-state index in [0.29, 0.717) is 0 Å². The molecule has 0 radical (unpaired) electrons. The highest BCUT2D eigenvalue weighted by molar-refractivity contribution is 5.96. The molecule has 5 heteroatoms. The second-order valence-electron chi connectivity index (χ2n) is 6.63. The highest BCUT2D eigenvalue weighted by atomic mass is 16.1. The van der Waals surface area contributed by atoms with Crippen LogP contribution in [-0.2, 0) is 17.8 Å². The number of anilines is 1. The van der Waals surface area contributed by atoms with Crippen molar-refractivity contribution in [2.45, 2.75) is 38.6 Å². The van der Waals surface area contributed by atoms with Crippen LogP contribution in [0.3, 0.4) is 0 Å². The Labute approximate surface area is 153 Å². The van der Waals surface area contributed by atoms with Gasteiger partial charge in [-0.15, -0.1) is 10.2 Å². The number of carbonyl (C=O) groups excluding carboxylic acids is 1. The molecule has 0 saturated heterocycles. The SMILES string of the molecule is CCC(C(=O)Nc1ccc(-c2nnc3n2CCC3)cc1)c1ccccc1. The van der Waals surface area contributed by atoms with Gasteiger partial charge in [0.2, 0.25) is 5.91 Å². The Bertz CT molecular complexity index is 900. The minimum atomic E-state index is -0.143. The first-order chi connectivity index (χ1) is 12.8. The number of rotatable bonds is 5. The van der Waals surface area contributed by atoms with Gasteiger partial charge >= 0.3 is 0 Å². The van der Waals surface area contributed by atoms with Crippen molar-refractivity contribution >= 4 is 11.6 Å². The molecule has 1 amide bonds. The molecule has 0 spiro atoms. The maximum atomic E-state index is 12.7. The second kappa shape index (κ2) is 7.12. The Morgan fingerprint density at radius 3 is 2.62 bits per heavy atom. The summed E-state index contributed by atoms with van der Waals surface area (Å²) < 4.78 is 2.18. The van der Waals surface area contributed by atoms with E-state index in [1.807, 2.05) is 61.5 Å². The Morgan fingerprint density at radius 2 is 1.88 bits per heavy atom. The summed E-state index contributed by atoms with van der Waals surface area (Å²) in [4.78, 5) is 12.7. The van der Waals surface area contributed by atoms with Gasteiger partial charge in [0, 0.05) is 24.2 Å². The summed E-state index contributed by atoms with van der Waals surface area (Å²) in [5.41, 5.74) is 2.87. The monoisotopic (exact) mass is 346 g/mol. The van der Waals surface area contributed by atoms with Crippen molar-refractivity contribution in [2.24, 2.45) is 0 Å². The summed E-state index contributed by atoms with van der Waals surface area (Å²) >= 11 is 0. The summed E-state index contributed by atoms with van der Waals surface area (Å²) in [6.45, 7) is 3.01. The number of nitrogens with one attached hydrogen (secondary N) is 1. The number of carbonyl (C=O) groups is 1. The molecule has 132 valence electrons. The number of benzene rings is 2. The van der Waals surface area contributed by atoms with E-state index < -0.39 is 0 Å². The van der Waals surface area contributed by atoms with Crippen LogP contribution in [-0.4, -0.2) is 20.7 Å². The molecule has 1 atom stereocenters. The molecule has 1 aromatic heterocycles. The molecule has 26 heavy (non-hydrogen) atoms. The third-order valence-corrected chi connectivity index (χ3v) is 4.95. The highest BCUT2D eigenvalue weighted by Crippen LogP contribution is 2.26. The van der Waals surface area contributed by atoms with Crippen molar-refractivity contribution < 1.29 is 4.79 Å². The van der Waals surface area contributed by atoms with Gasteiger partial charge in [0.25, 0.3) is 0 Å². The molecule has 0 bridgehead atoms. The number of hydrogen-bond donors (Lipinski definition) is 1. The van der Waals surface area contributed by atoms with Crippen molar-refractivity contribution in [3.63, 3.8) is 0 Å². The van der Waals surface area contributed by atoms with E-state index in [1.54, 1.807) is 0 Å². The Kier molecular flexibility index (Phi) is 4.52. The Hall–Kier alpha value is -2.95. The molecule has 2 aromatic carbocycles. The van der Waals surface area contributed by atoms with Crippen LogP contribution in [0.1, 0.15) is 37.1 Å². The zero-order valence-electron chi connectivity index (χ0n) is 14.9. The lowest BCUT2D eigenvalue weighted by molar-refractivity contribution is -0.117. The molecule has 4 rings (SSSR count). The van der Waals surface area contributed by atoms with Crippen molar-refractivity contribution in [3.05, 3.63) is 66.0 Å². The van der Waals surface area contributed by atoms with E-state index in [2.05, 4.69) is 20.1 Å². The van der Waals surface area contributed by atoms with Gasteiger partial charge in [-0.3, -0.25) is 4.79 Å². The van der Waals surface area contributed by atoms with Crippen molar-refractivity contribution in [1.29, 1.82) is 0 Å². The van der Waals surface area contributed by atoms with Crippen molar-refractivity contribution in [1.82, 2.24) is 14.8 Å². The fourth-order valence-corrected chi connectivity index (χ4v) is 3.55. The minimum Gasteiger partial charge on any atom is -0.326 e. The molecule has 1 aliphatic rings.